The van der Waals surface area contributed by atoms with E-state index in [1.165, 1.54) is 5.56 Å². The lowest BCUT2D eigenvalue weighted by atomic mass is 9.87. The van der Waals surface area contributed by atoms with Gasteiger partial charge in [-0.3, -0.25) is 4.79 Å². The van der Waals surface area contributed by atoms with E-state index in [4.69, 9.17) is 9.47 Å². The van der Waals surface area contributed by atoms with Gasteiger partial charge in [0.25, 0.3) is 5.91 Å². The molecule has 0 saturated carbocycles. The molecule has 0 aliphatic rings. The molecule has 29 heavy (non-hydrogen) atoms. The van der Waals surface area contributed by atoms with Crippen molar-refractivity contribution >= 4 is 5.91 Å². The summed E-state index contributed by atoms with van der Waals surface area (Å²) in [6.07, 6.45) is 0. The van der Waals surface area contributed by atoms with Crippen molar-refractivity contribution in [1.82, 2.24) is 5.32 Å². The zero-order valence-corrected chi connectivity index (χ0v) is 19.1. The normalized spacial score (nSPS) is 12.6. The molecule has 0 aliphatic heterocycles. The van der Waals surface area contributed by atoms with Crippen molar-refractivity contribution in [3.05, 3.63) is 58.7 Å². The summed E-state index contributed by atoms with van der Waals surface area (Å²) in [4.78, 5) is 12.4. The second kappa shape index (κ2) is 9.34. The lowest BCUT2D eigenvalue weighted by molar-refractivity contribution is -0.123. The molecule has 4 heteroatoms. The molecule has 0 fully saturated rings. The smallest absolute Gasteiger partial charge is 0.258 e. The first-order valence-corrected chi connectivity index (χ1v) is 10.2. The molecule has 0 saturated heterocycles. The second-order valence-corrected chi connectivity index (χ2v) is 8.96. The summed E-state index contributed by atoms with van der Waals surface area (Å²) in [6.45, 7) is 14.8. The molecule has 1 amide bonds. The van der Waals surface area contributed by atoms with Gasteiger partial charge in [0.1, 0.15) is 11.5 Å². The highest BCUT2D eigenvalue weighted by atomic mass is 16.5. The fraction of sp³-hybridized carbons (Fsp3) is 0.480. The Morgan fingerprint density at radius 2 is 1.66 bits per heavy atom. The lowest BCUT2D eigenvalue weighted by Gasteiger charge is -2.21. The van der Waals surface area contributed by atoms with Crippen LogP contribution in [0.5, 0.6) is 11.5 Å². The van der Waals surface area contributed by atoms with Gasteiger partial charge in [0.15, 0.2) is 6.61 Å². The van der Waals surface area contributed by atoms with Gasteiger partial charge in [-0.15, -0.1) is 0 Å². The maximum absolute atomic E-state index is 12.4. The summed E-state index contributed by atoms with van der Waals surface area (Å²) in [6, 6.07) is 12.0. The Bertz CT molecular complexity index is 832. The van der Waals surface area contributed by atoms with Gasteiger partial charge in [-0.05, 0) is 71.7 Å². The molecule has 0 aromatic heterocycles. The highest BCUT2D eigenvalue weighted by Gasteiger charge is 2.17. The van der Waals surface area contributed by atoms with Crippen molar-refractivity contribution in [3.8, 4) is 11.5 Å². The summed E-state index contributed by atoms with van der Waals surface area (Å²) in [7, 11) is 1.69. The highest BCUT2D eigenvalue weighted by molar-refractivity contribution is 5.78. The van der Waals surface area contributed by atoms with Gasteiger partial charge >= 0.3 is 0 Å². The third-order valence-corrected chi connectivity index (χ3v) is 5.17. The molecule has 4 nitrogen and oxygen atoms in total. The van der Waals surface area contributed by atoms with Crippen LogP contribution in [0.2, 0.25) is 0 Å². The summed E-state index contributed by atoms with van der Waals surface area (Å²) in [5.74, 6) is 1.79. The Labute approximate surface area is 175 Å². The van der Waals surface area contributed by atoms with Crippen molar-refractivity contribution in [2.45, 2.75) is 65.8 Å². The highest BCUT2D eigenvalue weighted by Crippen LogP contribution is 2.32. The van der Waals surface area contributed by atoms with Crippen molar-refractivity contribution in [1.29, 1.82) is 0 Å². The number of amides is 1. The quantitative estimate of drug-likeness (QED) is 0.654. The molecule has 1 atom stereocenters. The van der Waals surface area contributed by atoms with E-state index in [9.17, 15) is 4.79 Å². The first-order valence-electron chi connectivity index (χ1n) is 10.2. The van der Waals surface area contributed by atoms with Crippen LogP contribution in [0.3, 0.4) is 0 Å². The van der Waals surface area contributed by atoms with Gasteiger partial charge in [0.2, 0.25) is 0 Å². The van der Waals surface area contributed by atoms with Crippen molar-refractivity contribution in [3.63, 3.8) is 0 Å². The Morgan fingerprint density at radius 1 is 1.03 bits per heavy atom. The van der Waals surface area contributed by atoms with Gasteiger partial charge < -0.3 is 14.8 Å². The topological polar surface area (TPSA) is 47.6 Å². The molecule has 0 bridgehead atoms. The van der Waals surface area contributed by atoms with Crippen molar-refractivity contribution in [2.75, 3.05) is 13.7 Å². The van der Waals surface area contributed by atoms with E-state index in [0.29, 0.717) is 11.7 Å². The van der Waals surface area contributed by atoms with Crippen LogP contribution in [0.25, 0.3) is 0 Å². The molecule has 0 radical (unpaired) electrons. The third-order valence-electron chi connectivity index (χ3n) is 5.17. The van der Waals surface area contributed by atoms with Crippen LogP contribution in [0.1, 0.15) is 75.8 Å². The summed E-state index contributed by atoms with van der Waals surface area (Å²) < 4.78 is 11.2. The number of carbonyl (C=O) groups is 1. The van der Waals surface area contributed by atoms with Gasteiger partial charge in [-0.1, -0.05) is 46.8 Å². The Morgan fingerprint density at radius 3 is 2.17 bits per heavy atom. The monoisotopic (exact) mass is 397 g/mol. The van der Waals surface area contributed by atoms with E-state index in [0.717, 1.165) is 22.4 Å². The van der Waals surface area contributed by atoms with Crippen molar-refractivity contribution < 1.29 is 14.3 Å². The van der Waals surface area contributed by atoms with Gasteiger partial charge in [0, 0.05) is 0 Å². The molecule has 1 N–H and O–H groups in total. The average molecular weight is 398 g/mol. The number of benzene rings is 2. The van der Waals surface area contributed by atoms with E-state index < -0.39 is 0 Å². The molecule has 0 unspecified atom stereocenters. The Hall–Kier alpha value is -2.49. The Balaban J connectivity index is 2.01. The van der Waals surface area contributed by atoms with E-state index in [1.807, 2.05) is 44.2 Å². The van der Waals surface area contributed by atoms with Crippen LogP contribution in [0.15, 0.2) is 36.4 Å². The van der Waals surface area contributed by atoms with Crippen LogP contribution in [0, 0.1) is 6.92 Å². The molecular weight excluding hydrogens is 362 g/mol. The predicted octanol–water partition coefficient (Wildman–Crippen LogP) is 5.68. The summed E-state index contributed by atoms with van der Waals surface area (Å²) in [5.41, 5.74) is 4.66. The average Bonchev–Trinajstić information content (AvgIpc) is 2.65. The number of aryl methyl sites for hydroxylation is 1. The number of ether oxygens (including phenoxy) is 2. The molecule has 2 rings (SSSR count). The molecule has 2 aromatic rings. The molecule has 0 spiro atoms. The van der Waals surface area contributed by atoms with Gasteiger partial charge in [-0.2, -0.15) is 0 Å². The number of carbonyl (C=O) groups excluding carboxylic acids is 1. The van der Waals surface area contributed by atoms with Gasteiger partial charge in [0.05, 0.1) is 13.2 Å². The number of nitrogens with one attached hydrogen (secondary N) is 1. The SMILES string of the molecule is COc1cc(C)c([C@H](C)NC(=O)COc2ccc(C(C)(C)C)cc2)cc1C(C)C. The standard InChI is InChI=1S/C25H35NO3/c1-16(2)21-14-22(17(3)13-23(21)28-8)18(4)26-24(27)15-29-20-11-9-19(10-12-20)25(5,6)7/h9-14,16,18H,15H2,1-8H3,(H,26,27)/t18-/m0/s1. The fourth-order valence-corrected chi connectivity index (χ4v) is 3.37. The zero-order chi connectivity index (χ0) is 21.8. The van der Waals surface area contributed by atoms with Crippen LogP contribution in [0.4, 0.5) is 0 Å². The Kier molecular flexibility index (Phi) is 7.34. The third kappa shape index (κ3) is 5.99. The zero-order valence-electron chi connectivity index (χ0n) is 19.1. The lowest BCUT2D eigenvalue weighted by Crippen LogP contribution is -2.31. The van der Waals surface area contributed by atoms with Crippen molar-refractivity contribution in [2.24, 2.45) is 0 Å². The minimum absolute atomic E-state index is 0.00849. The minimum atomic E-state index is -0.140. The van der Waals surface area contributed by atoms with Crippen LogP contribution in [-0.4, -0.2) is 19.6 Å². The van der Waals surface area contributed by atoms with E-state index >= 15 is 0 Å². The van der Waals surface area contributed by atoms with Crippen LogP contribution >= 0.6 is 0 Å². The minimum Gasteiger partial charge on any atom is -0.496 e. The van der Waals surface area contributed by atoms with E-state index in [-0.39, 0.29) is 24.0 Å². The maximum atomic E-state index is 12.4. The van der Waals surface area contributed by atoms with E-state index in [1.54, 1.807) is 7.11 Å². The molecule has 2 aromatic carbocycles. The molecular formula is C25H35NO3. The molecule has 0 aliphatic carbocycles. The molecule has 0 heterocycles. The first kappa shape index (κ1) is 22.8. The predicted molar refractivity (Wildman–Crippen MR) is 119 cm³/mol. The maximum Gasteiger partial charge on any atom is 0.258 e. The number of hydrogen-bond acceptors (Lipinski definition) is 3. The van der Waals surface area contributed by atoms with Gasteiger partial charge in [-0.25, -0.2) is 0 Å². The van der Waals surface area contributed by atoms with E-state index in [2.05, 4.69) is 46.0 Å². The fourth-order valence-electron chi connectivity index (χ4n) is 3.37. The number of rotatable bonds is 7. The summed E-state index contributed by atoms with van der Waals surface area (Å²) in [5, 5.41) is 3.04. The second-order valence-electron chi connectivity index (χ2n) is 8.96. The molecule has 158 valence electrons. The largest absolute Gasteiger partial charge is 0.496 e. The van der Waals surface area contributed by atoms with Crippen LogP contribution in [-0.2, 0) is 10.2 Å². The number of methoxy groups -OCH3 is 1. The van der Waals surface area contributed by atoms with Crippen LogP contribution < -0.4 is 14.8 Å². The number of hydrogen-bond donors (Lipinski definition) is 1. The summed E-state index contributed by atoms with van der Waals surface area (Å²) >= 11 is 0. The first-order chi connectivity index (χ1) is 13.5.